The maximum Gasteiger partial charge on any atom is 0.253 e. The van der Waals surface area contributed by atoms with Gasteiger partial charge in [0, 0.05) is 21.8 Å². The fraction of sp³-hybridized carbons (Fsp3) is 0.200. The molecular formula is C15H13BrFNO3. The van der Waals surface area contributed by atoms with Gasteiger partial charge in [-0.2, -0.15) is 0 Å². The van der Waals surface area contributed by atoms with Gasteiger partial charge in [-0.3, -0.25) is 9.59 Å². The van der Waals surface area contributed by atoms with E-state index in [4.69, 9.17) is 4.74 Å². The SMILES string of the molecule is COc1ccc(C(=O)Cn2cc(Br)cc(C)c2=O)cc1F. The molecule has 0 atom stereocenters. The van der Waals surface area contributed by atoms with Crippen LogP contribution in [0, 0.1) is 12.7 Å². The van der Waals surface area contributed by atoms with Crippen molar-refractivity contribution in [3.63, 3.8) is 0 Å². The van der Waals surface area contributed by atoms with E-state index < -0.39 is 5.82 Å². The zero-order valence-corrected chi connectivity index (χ0v) is 13.1. The summed E-state index contributed by atoms with van der Waals surface area (Å²) in [5.74, 6) is -0.890. The Balaban J connectivity index is 2.30. The standard InChI is InChI=1S/C15H13BrFNO3/c1-9-5-11(16)7-18(15(9)20)8-13(19)10-3-4-14(21-2)12(17)6-10/h3-7H,8H2,1-2H3. The first-order chi connectivity index (χ1) is 9.92. The van der Waals surface area contributed by atoms with E-state index in [1.165, 1.54) is 30.0 Å². The third-order valence-corrected chi connectivity index (χ3v) is 3.45. The molecular weight excluding hydrogens is 341 g/mol. The minimum atomic E-state index is -0.610. The molecule has 1 aromatic carbocycles. The van der Waals surface area contributed by atoms with Crippen LogP contribution in [0.3, 0.4) is 0 Å². The first kappa shape index (κ1) is 15.4. The lowest BCUT2D eigenvalue weighted by atomic mass is 10.1. The monoisotopic (exact) mass is 353 g/mol. The number of benzene rings is 1. The highest BCUT2D eigenvalue weighted by Crippen LogP contribution is 2.18. The van der Waals surface area contributed by atoms with E-state index in [2.05, 4.69) is 15.9 Å². The van der Waals surface area contributed by atoms with Gasteiger partial charge in [0.05, 0.1) is 13.7 Å². The third-order valence-electron chi connectivity index (χ3n) is 3.02. The molecule has 1 heterocycles. The van der Waals surface area contributed by atoms with Crippen molar-refractivity contribution in [2.45, 2.75) is 13.5 Å². The van der Waals surface area contributed by atoms with Gasteiger partial charge >= 0.3 is 0 Å². The van der Waals surface area contributed by atoms with Crippen LogP contribution in [-0.2, 0) is 6.54 Å². The number of methoxy groups -OCH3 is 1. The first-order valence-corrected chi connectivity index (χ1v) is 6.95. The van der Waals surface area contributed by atoms with Crippen molar-refractivity contribution in [3.8, 4) is 5.75 Å². The number of carbonyl (C=O) groups is 1. The summed E-state index contributed by atoms with van der Waals surface area (Å²) in [7, 11) is 1.35. The molecule has 1 aromatic heterocycles. The van der Waals surface area contributed by atoms with Crippen LogP contribution in [0.5, 0.6) is 5.75 Å². The number of aromatic nitrogens is 1. The van der Waals surface area contributed by atoms with Crippen molar-refractivity contribution in [2.75, 3.05) is 7.11 Å². The molecule has 0 amide bonds. The van der Waals surface area contributed by atoms with Crippen molar-refractivity contribution < 1.29 is 13.9 Å². The van der Waals surface area contributed by atoms with Gasteiger partial charge in [-0.15, -0.1) is 0 Å². The minimum Gasteiger partial charge on any atom is -0.494 e. The van der Waals surface area contributed by atoms with Crippen LogP contribution in [0.4, 0.5) is 4.39 Å². The average Bonchev–Trinajstić information content (AvgIpc) is 2.44. The highest BCUT2D eigenvalue weighted by atomic mass is 79.9. The van der Waals surface area contributed by atoms with Gasteiger partial charge in [0.2, 0.25) is 0 Å². The Morgan fingerprint density at radius 1 is 1.38 bits per heavy atom. The van der Waals surface area contributed by atoms with E-state index in [0.717, 1.165) is 6.07 Å². The van der Waals surface area contributed by atoms with E-state index in [1.807, 2.05) is 0 Å². The molecule has 2 rings (SSSR count). The Hall–Kier alpha value is -1.95. The average molecular weight is 354 g/mol. The van der Waals surface area contributed by atoms with Crippen molar-refractivity contribution in [1.82, 2.24) is 4.57 Å². The van der Waals surface area contributed by atoms with E-state index >= 15 is 0 Å². The lowest BCUT2D eigenvalue weighted by molar-refractivity contribution is 0.0970. The Morgan fingerprint density at radius 3 is 2.71 bits per heavy atom. The number of ketones is 1. The number of hydrogen-bond acceptors (Lipinski definition) is 3. The smallest absolute Gasteiger partial charge is 0.253 e. The summed E-state index contributed by atoms with van der Waals surface area (Å²) < 4.78 is 20.4. The van der Waals surface area contributed by atoms with E-state index in [0.29, 0.717) is 10.0 Å². The number of aryl methyl sites for hydroxylation is 1. The Bertz CT molecular complexity index is 755. The first-order valence-electron chi connectivity index (χ1n) is 6.15. The number of hydrogen-bond donors (Lipinski definition) is 0. The fourth-order valence-corrected chi connectivity index (χ4v) is 2.53. The normalized spacial score (nSPS) is 10.5. The zero-order chi connectivity index (χ0) is 15.6. The largest absolute Gasteiger partial charge is 0.494 e. The molecule has 0 aliphatic carbocycles. The summed E-state index contributed by atoms with van der Waals surface area (Å²) in [4.78, 5) is 24.1. The molecule has 0 bridgehead atoms. The third kappa shape index (κ3) is 3.39. The summed E-state index contributed by atoms with van der Waals surface area (Å²) in [6.45, 7) is 1.52. The number of rotatable bonds is 4. The van der Waals surface area contributed by atoms with E-state index in [9.17, 15) is 14.0 Å². The lowest BCUT2D eigenvalue weighted by Gasteiger charge is -2.08. The summed E-state index contributed by atoms with van der Waals surface area (Å²) >= 11 is 3.28. The van der Waals surface area contributed by atoms with Crippen LogP contribution < -0.4 is 10.3 Å². The lowest BCUT2D eigenvalue weighted by Crippen LogP contribution is -2.25. The fourth-order valence-electron chi connectivity index (χ4n) is 1.94. The quantitative estimate of drug-likeness (QED) is 0.794. The second-order valence-electron chi connectivity index (χ2n) is 4.55. The highest BCUT2D eigenvalue weighted by Gasteiger charge is 2.12. The summed E-state index contributed by atoms with van der Waals surface area (Å²) in [6.07, 6.45) is 1.53. The van der Waals surface area contributed by atoms with Gasteiger partial charge in [-0.25, -0.2) is 4.39 Å². The minimum absolute atomic E-state index is 0.0713. The van der Waals surface area contributed by atoms with Crippen molar-refractivity contribution in [3.05, 3.63) is 62.2 Å². The van der Waals surface area contributed by atoms with Crippen molar-refractivity contribution >= 4 is 21.7 Å². The molecule has 0 N–H and O–H groups in total. The molecule has 0 aliphatic rings. The van der Waals surface area contributed by atoms with Crippen LogP contribution in [0.2, 0.25) is 0 Å². The predicted octanol–water partition coefficient (Wildman–Crippen LogP) is 2.95. The van der Waals surface area contributed by atoms with Gasteiger partial charge in [-0.1, -0.05) is 0 Å². The number of Topliss-reactive ketones (excluding diaryl/α,β-unsaturated/α-hetero) is 1. The Kier molecular flexibility index (Phi) is 4.57. The Labute approximate surface area is 129 Å². The molecule has 21 heavy (non-hydrogen) atoms. The number of nitrogens with zero attached hydrogens (tertiary/aromatic N) is 1. The van der Waals surface area contributed by atoms with Gasteiger partial charge < -0.3 is 9.30 Å². The molecule has 2 aromatic rings. The zero-order valence-electron chi connectivity index (χ0n) is 11.5. The summed E-state index contributed by atoms with van der Waals surface area (Å²) in [5.41, 5.74) is 0.469. The molecule has 0 fully saturated rings. The maximum absolute atomic E-state index is 13.6. The maximum atomic E-state index is 13.6. The molecule has 0 radical (unpaired) electrons. The molecule has 6 heteroatoms. The highest BCUT2D eigenvalue weighted by molar-refractivity contribution is 9.10. The van der Waals surface area contributed by atoms with Gasteiger partial charge in [0.1, 0.15) is 0 Å². The van der Waals surface area contributed by atoms with Crippen LogP contribution in [0.1, 0.15) is 15.9 Å². The van der Waals surface area contributed by atoms with E-state index in [1.54, 1.807) is 13.0 Å². The van der Waals surface area contributed by atoms with Crippen molar-refractivity contribution in [2.24, 2.45) is 0 Å². The van der Waals surface area contributed by atoms with Crippen LogP contribution in [0.15, 0.2) is 39.7 Å². The second kappa shape index (κ2) is 6.22. The molecule has 0 unspecified atom stereocenters. The number of halogens is 2. The summed E-state index contributed by atoms with van der Waals surface area (Å²) in [5, 5.41) is 0. The molecule has 0 aliphatic heterocycles. The topological polar surface area (TPSA) is 48.3 Å². The predicted molar refractivity (Wildman–Crippen MR) is 80.4 cm³/mol. The van der Waals surface area contributed by atoms with Gasteiger partial charge in [0.15, 0.2) is 17.3 Å². The number of carbonyl (C=O) groups excluding carboxylic acids is 1. The molecule has 4 nitrogen and oxygen atoms in total. The molecule has 0 saturated carbocycles. The van der Waals surface area contributed by atoms with Crippen LogP contribution >= 0.6 is 15.9 Å². The van der Waals surface area contributed by atoms with Crippen molar-refractivity contribution in [1.29, 1.82) is 0 Å². The van der Waals surface area contributed by atoms with Crippen LogP contribution in [-0.4, -0.2) is 17.5 Å². The number of ether oxygens (including phenoxy) is 1. The van der Waals surface area contributed by atoms with Crippen LogP contribution in [0.25, 0.3) is 0 Å². The Morgan fingerprint density at radius 2 is 2.10 bits per heavy atom. The molecule has 0 saturated heterocycles. The summed E-state index contributed by atoms with van der Waals surface area (Å²) in [6, 6.07) is 5.64. The van der Waals surface area contributed by atoms with Gasteiger partial charge in [0.25, 0.3) is 5.56 Å². The van der Waals surface area contributed by atoms with Gasteiger partial charge in [-0.05, 0) is 47.1 Å². The second-order valence-corrected chi connectivity index (χ2v) is 5.46. The molecule has 0 spiro atoms. The molecule has 110 valence electrons. The van der Waals surface area contributed by atoms with E-state index in [-0.39, 0.29) is 29.2 Å². The number of pyridine rings is 1.